The number of benzene rings is 2. The van der Waals surface area contributed by atoms with Gasteiger partial charge in [-0.15, -0.1) is 0 Å². The fraction of sp³-hybridized carbons (Fsp3) is 0.150. The van der Waals surface area contributed by atoms with Gasteiger partial charge in [0, 0.05) is 12.2 Å². The van der Waals surface area contributed by atoms with Crippen LogP contribution in [0.1, 0.15) is 21.6 Å². The number of hydrogen-bond donors (Lipinski definition) is 0. The number of esters is 1. The van der Waals surface area contributed by atoms with Crippen LogP contribution in [0.15, 0.2) is 66.7 Å². The molecule has 23 heavy (non-hydrogen) atoms. The normalized spacial score (nSPS) is 10.5. The minimum absolute atomic E-state index is 0.307. The van der Waals surface area contributed by atoms with E-state index in [4.69, 9.17) is 4.74 Å². The SMILES string of the molecule is COC(=O)c1cc(C)n(Cc2ccccc2)c1-c1ccccc1. The van der Waals surface area contributed by atoms with Gasteiger partial charge in [-0.25, -0.2) is 4.79 Å². The van der Waals surface area contributed by atoms with E-state index in [1.807, 2.05) is 61.5 Å². The fourth-order valence-corrected chi connectivity index (χ4v) is 2.82. The molecule has 0 aliphatic carbocycles. The van der Waals surface area contributed by atoms with Crippen LogP contribution in [0.25, 0.3) is 11.3 Å². The van der Waals surface area contributed by atoms with Crippen molar-refractivity contribution in [3.63, 3.8) is 0 Å². The molecule has 116 valence electrons. The molecule has 0 amide bonds. The minimum atomic E-state index is -0.307. The Bertz CT molecular complexity index is 804. The first-order valence-electron chi connectivity index (χ1n) is 7.58. The Balaban J connectivity index is 2.15. The summed E-state index contributed by atoms with van der Waals surface area (Å²) in [5.74, 6) is -0.307. The summed E-state index contributed by atoms with van der Waals surface area (Å²) < 4.78 is 7.13. The molecule has 0 N–H and O–H groups in total. The quantitative estimate of drug-likeness (QED) is 0.673. The highest BCUT2D eigenvalue weighted by Crippen LogP contribution is 2.29. The second-order valence-electron chi connectivity index (χ2n) is 5.48. The third-order valence-corrected chi connectivity index (χ3v) is 3.94. The van der Waals surface area contributed by atoms with Crippen molar-refractivity contribution in [2.75, 3.05) is 7.11 Å². The van der Waals surface area contributed by atoms with Crippen LogP contribution >= 0.6 is 0 Å². The summed E-state index contributed by atoms with van der Waals surface area (Å²) in [7, 11) is 1.42. The van der Waals surface area contributed by atoms with Crippen molar-refractivity contribution in [1.82, 2.24) is 4.57 Å². The Kier molecular flexibility index (Phi) is 4.29. The number of aromatic nitrogens is 1. The monoisotopic (exact) mass is 305 g/mol. The van der Waals surface area contributed by atoms with Gasteiger partial charge in [0.15, 0.2) is 0 Å². The summed E-state index contributed by atoms with van der Waals surface area (Å²) in [5, 5.41) is 0. The first kappa shape index (κ1) is 15.1. The second kappa shape index (κ2) is 6.53. The number of nitrogens with zero attached hydrogens (tertiary/aromatic N) is 1. The van der Waals surface area contributed by atoms with Crippen LogP contribution in [0.2, 0.25) is 0 Å². The molecular weight excluding hydrogens is 286 g/mol. The van der Waals surface area contributed by atoms with Crippen LogP contribution in [0.5, 0.6) is 0 Å². The van der Waals surface area contributed by atoms with Crippen molar-refractivity contribution in [3.05, 3.63) is 83.6 Å². The highest BCUT2D eigenvalue weighted by atomic mass is 16.5. The molecule has 3 aromatic rings. The molecule has 3 nitrogen and oxygen atoms in total. The smallest absolute Gasteiger partial charge is 0.340 e. The Hall–Kier alpha value is -2.81. The number of rotatable bonds is 4. The van der Waals surface area contributed by atoms with Crippen LogP contribution in [0.3, 0.4) is 0 Å². The summed E-state index contributed by atoms with van der Waals surface area (Å²) >= 11 is 0. The van der Waals surface area contributed by atoms with Gasteiger partial charge in [-0.1, -0.05) is 60.7 Å². The lowest BCUT2D eigenvalue weighted by Gasteiger charge is -2.13. The molecule has 0 atom stereocenters. The predicted octanol–water partition coefficient (Wildman–Crippen LogP) is 4.30. The summed E-state index contributed by atoms with van der Waals surface area (Å²) in [6.07, 6.45) is 0. The Morgan fingerprint density at radius 2 is 1.61 bits per heavy atom. The van der Waals surface area contributed by atoms with Crippen LogP contribution in [-0.4, -0.2) is 17.6 Å². The van der Waals surface area contributed by atoms with E-state index < -0.39 is 0 Å². The zero-order chi connectivity index (χ0) is 16.2. The summed E-state index contributed by atoms with van der Waals surface area (Å²) in [6, 6.07) is 22.1. The Labute approximate surface area is 136 Å². The van der Waals surface area contributed by atoms with E-state index in [0.29, 0.717) is 12.1 Å². The van der Waals surface area contributed by atoms with Crippen molar-refractivity contribution >= 4 is 5.97 Å². The molecule has 3 rings (SSSR count). The summed E-state index contributed by atoms with van der Waals surface area (Å²) in [4.78, 5) is 12.2. The van der Waals surface area contributed by atoms with Gasteiger partial charge >= 0.3 is 5.97 Å². The molecule has 0 saturated heterocycles. The van der Waals surface area contributed by atoms with E-state index in [2.05, 4.69) is 16.7 Å². The zero-order valence-corrected chi connectivity index (χ0v) is 13.3. The predicted molar refractivity (Wildman–Crippen MR) is 91.5 cm³/mol. The van der Waals surface area contributed by atoms with Gasteiger partial charge in [0.05, 0.1) is 18.4 Å². The zero-order valence-electron chi connectivity index (χ0n) is 13.3. The maximum atomic E-state index is 12.2. The molecule has 0 aliphatic heterocycles. The molecule has 0 bridgehead atoms. The maximum Gasteiger partial charge on any atom is 0.340 e. The van der Waals surface area contributed by atoms with Gasteiger partial charge < -0.3 is 9.30 Å². The van der Waals surface area contributed by atoms with Gasteiger partial charge in [-0.3, -0.25) is 0 Å². The van der Waals surface area contributed by atoms with Gasteiger partial charge in [-0.05, 0) is 24.1 Å². The van der Waals surface area contributed by atoms with Gasteiger partial charge in [0.25, 0.3) is 0 Å². The van der Waals surface area contributed by atoms with E-state index in [1.165, 1.54) is 12.7 Å². The number of carbonyl (C=O) groups is 1. The third-order valence-electron chi connectivity index (χ3n) is 3.94. The third kappa shape index (κ3) is 3.04. The first-order chi connectivity index (χ1) is 11.2. The van der Waals surface area contributed by atoms with Crippen molar-refractivity contribution < 1.29 is 9.53 Å². The van der Waals surface area contributed by atoms with Crippen molar-refractivity contribution in [2.24, 2.45) is 0 Å². The standard InChI is InChI=1S/C20H19NO2/c1-15-13-18(20(22)23-2)19(17-11-7-4-8-12-17)21(15)14-16-9-5-3-6-10-16/h3-13H,14H2,1-2H3. The van der Waals surface area contributed by atoms with Gasteiger partial charge in [0.2, 0.25) is 0 Å². The van der Waals surface area contributed by atoms with E-state index in [-0.39, 0.29) is 5.97 Å². The van der Waals surface area contributed by atoms with Crippen molar-refractivity contribution in [2.45, 2.75) is 13.5 Å². The van der Waals surface area contributed by atoms with E-state index >= 15 is 0 Å². The fourth-order valence-electron chi connectivity index (χ4n) is 2.82. The maximum absolute atomic E-state index is 12.2. The van der Waals surface area contributed by atoms with Crippen LogP contribution in [0.4, 0.5) is 0 Å². The second-order valence-corrected chi connectivity index (χ2v) is 5.48. The lowest BCUT2D eigenvalue weighted by atomic mass is 10.1. The average molecular weight is 305 g/mol. The number of carbonyl (C=O) groups excluding carboxylic acids is 1. The number of aryl methyl sites for hydroxylation is 1. The average Bonchev–Trinajstić information content (AvgIpc) is 2.92. The van der Waals surface area contributed by atoms with E-state index in [9.17, 15) is 4.79 Å². The van der Waals surface area contributed by atoms with Gasteiger partial charge in [0.1, 0.15) is 0 Å². The minimum Gasteiger partial charge on any atom is -0.465 e. The molecule has 0 unspecified atom stereocenters. The molecule has 0 spiro atoms. The Morgan fingerprint density at radius 3 is 2.22 bits per heavy atom. The number of hydrogen-bond acceptors (Lipinski definition) is 2. The molecule has 0 saturated carbocycles. The Morgan fingerprint density at radius 1 is 1.00 bits per heavy atom. The molecule has 1 heterocycles. The van der Waals surface area contributed by atoms with Crippen LogP contribution < -0.4 is 0 Å². The van der Waals surface area contributed by atoms with Crippen LogP contribution in [-0.2, 0) is 11.3 Å². The van der Waals surface area contributed by atoms with Crippen molar-refractivity contribution in [3.8, 4) is 11.3 Å². The summed E-state index contributed by atoms with van der Waals surface area (Å²) in [6.45, 7) is 2.73. The molecule has 0 radical (unpaired) electrons. The van der Waals surface area contributed by atoms with E-state index in [0.717, 1.165) is 17.0 Å². The highest BCUT2D eigenvalue weighted by Gasteiger charge is 2.20. The number of ether oxygens (including phenoxy) is 1. The molecule has 2 aromatic carbocycles. The molecule has 0 aliphatic rings. The summed E-state index contributed by atoms with van der Waals surface area (Å²) in [5.41, 5.74) is 4.75. The molecule has 1 aromatic heterocycles. The lowest BCUT2D eigenvalue weighted by molar-refractivity contribution is 0.0601. The van der Waals surface area contributed by atoms with E-state index in [1.54, 1.807) is 0 Å². The lowest BCUT2D eigenvalue weighted by Crippen LogP contribution is -2.07. The molecular formula is C20H19NO2. The molecule has 0 fully saturated rings. The topological polar surface area (TPSA) is 31.2 Å². The molecule has 3 heteroatoms. The van der Waals surface area contributed by atoms with Crippen molar-refractivity contribution in [1.29, 1.82) is 0 Å². The van der Waals surface area contributed by atoms with Gasteiger partial charge in [-0.2, -0.15) is 0 Å². The first-order valence-corrected chi connectivity index (χ1v) is 7.58. The van der Waals surface area contributed by atoms with Crippen LogP contribution in [0, 0.1) is 6.92 Å². The highest BCUT2D eigenvalue weighted by molar-refractivity contribution is 5.97. The largest absolute Gasteiger partial charge is 0.465 e. The number of methoxy groups -OCH3 is 1.